The largest absolute Gasteiger partial charge is 0.480 e. The van der Waals surface area contributed by atoms with Crippen LogP contribution in [-0.4, -0.2) is 38.5 Å². The van der Waals surface area contributed by atoms with E-state index in [0.717, 1.165) is 6.26 Å². The molecule has 0 aromatic rings. The van der Waals surface area contributed by atoms with Crippen LogP contribution < -0.4 is 16.2 Å². The molecular weight excluding hydrogens is 198 g/mol. The van der Waals surface area contributed by atoms with Gasteiger partial charge in [-0.25, -0.2) is 13.6 Å². The van der Waals surface area contributed by atoms with Gasteiger partial charge in [-0.3, -0.25) is 10.1 Å². The minimum atomic E-state index is -3.17. The number of hydrogen-bond acceptors (Lipinski definition) is 5. The summed E-state index contributed by atoms with van der Waals surface area (Å²) in [6.45, 7) is 1.61. The molecule has 0 fully saturated rings. The lowest BCUT2D eigenvalue weighted by Crippen LogP contribution is -2.37. The Morgan fingerprint density at radius 1 is 1.62 bits per heavy atom. The van der Waals surface area contributed by atoms with Gasteiger partial charge in [-0.1, -0.05) is 0 Å². The van der Waals surface area contributed by atoms with Gasteiger partial charge in [0.15, 0.2) is 0 Å². The Bertz CT molecular complexity index is 228. The van der Waals surface area contributed by atoms with Gasteiger partial charge >= 0.3 is 5.97 Å². The summed E-state index contributed by atoms with van der Waals surface area (Å²) in [5.41, 5.74) is 5.17. The Labute approximate surface area is 77.2 Å². The maximum atomic E-state index is 9.79. The van der Waals surface area contributed by atoms with Crippen LogP contribution in [0, 0.1) is 0 Å². The first kappa shape index (κ1) is 14.8. The summed E-state index contributed by atoms with van der Waals surface area (Å²) in [5, 5.41) is 14.9. The lowest BCUT2D eigenvalue weighted by Gasteiger charge is -2.02. The second-order valence-electron chi connectivity index (χ2n) is 2.39. The molecule has 6 N–H and O–H groups in total. The molecular formula is C5H15N3O4S. The zero-order valence-electron chi connectivity index (χ0n) is 7.52. The van der Waals surface area contributed by atoms with Crippen LogP contribution in [0.2, 0.25) is 0 Å². The van der Waals surface area contributed by atoms with Gasteiger partial charge in [0.05, 0.1) is 19.0 Å². The first-order valence-electron chi connectivity index (χ1n) is 3.31. The fourth-order valence-corrected chi connectivity index (χ4v) is 0.248. The van der Waals surface area contributed by atoms with Crippen molar-refractivity contribution in [2.45, 2.75) is 13.1 Å². The molecule has 0 aliphatic carbocycles. The summed E-state index contributed by atoms with van der Waals surface area (Å²) in [4.78, 5) is 9.79. The molecule has 0 bridgehead atoms. The molecule has 0 heterocycles. The van der Waals surface area contributed by atoms with Crippen molar-refractivity contribution < 1.29 is 18.3 Å². The molecule has 0 aliphatic heterocycles. The molecule has 80 valence electrons. The SMILES string of the molecule is CC(N)NCC(=O)O.CS(N)(=O)=O. The van der Waals surface area contributed by atoms with Gasteiger partial charge in [0, 0.05) is 0 Å². The number of rotatable bonds is 3. The van der Waals surface area contributed by atoms with E-state index in [9.17, 15) is 13.2 Å². The van der Waals surface area contributed by atoms with Crippen LogP contribution in [-0.2, 0) is 14.8 Å². The molecule has 7 nitrogen and oxygen atoms in total. The summed E-state index contributed by atoms with van der Waals surface area (Å²) >= 11 is 0. The summed E-state index contributed by atoms with van der Waals surface area (Å²) in [7, 11) is -3.17. The van der Waals surface area contributed by atoms with Crippen LogP contribution in [0.3, 0.4) is 0 Å². The van der Waals surface area contributed by atoms with Gasteiger partial charge in [-0.05, 0) is 6.92 Å². The summed E-state index contributed by atoms with van der Waals surface area (Å²) in [5.74, 6) is -0.887. The van der Waals surface area contributed by atoms with E-state index in [0.29, 0.717) is 0 Å². The average molecular weight is 213 g/mol. The van der Waals surface area contributed by atoms with Crippen molar-refractivity contribution in [1.29, 1.82) is 0 Å². The Balaban J connectivity index is 0. The van der Waals surface area contributed by atoms with Gasteiger partial charge in [-0.2, -0.15) is 0 Å². The third-order valence-corrected chi connectivity index (χ3v) is 0.575. The van der Waals surface area contributed by atoms with E-state index in [1.54, 1.807) is 6.92 Å². The van der Waals surface area contributed by atoms with Crippen molar-refractivity contribution in [2.24, 2.45) is 10.9 Å². The molecule has 0 aromatic carbocycles. The predicted octanol–water partition coefficient (Wildman–Crippen LogP) is -2.13. The van der Waals surface area contributed by atoms with Gasteiger partial charge in [0.2, 0.25) is 10.0 Å². The second kappa shape index (κ2) is 6.78. The third-order valence-electron chi connectivity index (χ3n) is 0.575. The molecule has 0 saturated heterocycles. The number of aliphatic carboxylic acids is 1. The maximum absolute atomic E-state index is 9.79. The van der Waals surface area contributed by atoms with E-state index in [1.165, 1.54) is 0 Å². The summed E-state index contributed by atoms with van der Waals surface area (Å²) in [6.07, 6.45) is 0.693. The fraction of sp³-hybridized carbons (Fsp3) is 0.800. The molecule has 0 radical (unpaired) electrons. The first-order chi connectivity index (χ1) is 5.63. The number of carboxylic acids is 1. The van der Waals surface area contributed by atoms with E-state index in [1.807, 2.05) is 0 Å². The topological polar surface area (TPSA) is 136 Å². The summed E-state index contributed by atoms with van der Waals surface area (Å²) in [6, 6.07) is 0. The minimum absolute atomic E-state index is 0.0718. The Morgan fingerprint density at radius 2 is 1.92 bits per heavy atom. The Kier molecular flexibility index (Phi) is 7.72. The van der Waals surface area contributed by atoms with Gasteiger partial charge in [0.1, 0.15) is 0 Å². The van der Waals surface area contributed by atoms with Crippen molar-refractivity contribution in [3.63, 3.8) is 0 Å². The van der Waals surface area contributed by atoms with Crippen LogP contribution in [0.4, 0.5) is 0 Å². The quantitative estimate of drug-likeness (QED) is 0.395. The first-order valence-corrected chi connectivity index (χ1v) is 5.27. The van der Waals surface area contributed by atoms with E-state index in [-0.39, 0.29) is 12.7 Å². The standard InChI is InChI=1S/C4H10N2O2.CH5NO2S/c1-3(5)6-2-4(7)8;1-5(2,3)4/h3,6H,2,5H2,1H3,(H,7,8);1H3,(H2,2,3,4). The van der Waals surface area contributed by atoms with Crippen LogP contribution in [0.1, 0.15) is 6.92 Å². The molecule has 0 rings (SSSR count). The number of nitrogens with one attached hydrogen (secondary N) is 1. The van der Waals surface area contributed by atoms with Crippen LogP contribution >= 0.6 is 0 Å². The number of carboxylic acid groups (broad SMARTS) is 1. The monoisotopic (exact) mass is 213 g/mol. The van der Waals surface area contributed by atoms with E-state index in [2.05, 4.69) is 10.5 Å². The van der Waals surface area contributed by atoms with E-state index < -0.39 is 16.0 Å². The molecule has 8 heteroatoms. The number of nitrogens with two attached hydrogens (primary N) is 2. The zero-order chi connectivity index (χ0) is 11.1. The molecule has 0 saturated carbocycles. The molecule has 1 unspecified atom stereocenters. The van der Waals surface area contributed by atoms with Crippen molar-refractivity contribution >= 4 is 16.0 Å². The third kappa shape index (κ3) is 52.9. The molecule has 0 aliphatic rings. The van der Waals surface area contributed by atoms with E-state index in [4.69, 9.17) is 10.8 Å². The van der Waals surface area contributed by atoms with Crippen molar-refractivity contribution in [2.75, 3.05) is 12.8 Å². The zero-order valence-corrected chi connectivity index (χ0v) is 8.34. The fourth-order valence-electron chi connectivity index (χ4n) is 0.248. The van der Waals surface area contributed by atoms with Gasteiger partial charge < -0.3 is 10.8 Å². The highest BCUT2D eigenvalue weighted by Gasteiger charge is 1.95. The van der Waals surface area contributed by atoms with Gasteiger partial charge in [-0.15, -0.1) is 0 Å². The molecule has 1 atom stereocenters. The molecule has 13 heavy (non-hydrogen) atoms. The normalized spacial score (nSPS) is 12.6. The average Bonchev–Trinajstić information content (AvgIpc) is 1.79. The number of carbonyl (C=O) groups is 1. The van der Waals surface area contributed by atoms with Crippen molar-refractivity contribution in [1.82, 2.24) is 5.32 Å². The number of sulfonamides is 1. The highest BCUT2D eigenvalue weighted by molar-refractivity contribution is 7.88. The second-order valence-corrected chi connectivity index (χ2v) is 4.05. The molecule has 0 aromatic heterocycles. The maximum Gasteiger partial charge on any atom is 0.317 e. The van der Waals surface area contributed by atoms with Crippen molar-refractivity contribution in [3.8, 4) is 0 Å². The van der Waals surface area contributed by atoms with Crippen LogP contribution in [0.5, 0.6) is 0 Å². The highest BCUT2D eigenvalue weighted by Crippen LogP contribution is 1.64. The molecule has 0 spiro atoms. The Morgan fingerprint density at radius 3 is 2.00 bits per heavy atom. The summed E-state index contributed by atoms with van der Waals surface area (Å²) < 4.78 is 18.8. The van der Waals surface area contributed by atoms with Gasteiger partial charge in [0.25, 0.3) is 0 Å². The lowest BCUT2D eigenvalue weighted by atomic mass is 10.5. The number of hydrogen-bond donors (Lipinski definition) is 4. The lowest BCUT2D eigenvalue weighted by molar-refractivity contribution is -0.136. The van der Waals surface area contributed by atoms with Crippen LogP contribution in [0.15, 0.2) is 0 Å². The smallest absolute Gasteiger partial charge is 0.317 e. The van der Waals surface area contributed by atoms with Crippen molar-refractivity contribution in [3.05, 3.63) is 0 Å². The minimum Gasteiger partial charge on any atom is -0.480 e. The van der Waals surface area contributed by atoms with Crippen LogP contribution in [0.25, 0.3) is 0 Å². The number of primary sulfonamides is 1. The Hall–Kier alpha value is -0.700. The van der Waals surface area contributed by atoms with E-state index >= 15 is 0 Å². The highest BCUT2D eigenvalue weighted by atomic mass is 32.2. The molecule has 0 amide bonds. The predicted molar refractivity (Wildman–Crippen MR) is 48.3 cm³/mol.